The average Bonchev–Trinajstić information content (AvgIpc) is 2.54. The molecule has 10 heteroatoms. The van der Waals surface area contributed by atoms with Gasteiger partial charge in [0.1, 0.15) is 0 Å². The van der Waals surface area contributed by atoms with Crippen LogP contribution >= 0.6 is 11.8 Å². The van der Waals surface area contributed by atoms with Gasteiger partial charge in [-0.1, -0.05) is 12.1 Å². The SMILES string of the molecule is CSc1ccc(/C=N/Nc2ccc(C(=O)O)cc2)cc1.O=S(=O)(O)O. The van der Waals surface area contributed by atoms with E-state index in [0.29, 0.717) is 0 Å². The monoisotopic (exact) mass is 384 g/mol. The maximum Gasteiger partial charge on any atom is 0.394 e. The molecule has 0 aliphatic rings. The summed E-state index contributed by atoms with van der Waals surface area (Å²) in [7, 11) is -4.67. The van der Waals surface area contributed by atoms with Crippen molar-refractivity contribution in [2.75, 3.05) is 11.7 Å². The zero-order valence-corrected chi connectivity index (χ0v) is 14.7. The van der Waals surface area contributed by atoms with Crippen molar-refractivity contribution >= 4 is 40.0 Å². The molecule has 8 nitrogen and oxygen atoms in total. The highest BCUT2D eigenvalue weighted by Crippen LogP contribution is 2.14. The number of carboxylic acids is 1. The molecule has 0 amide bonds. The second-order valence-corrected chi connectivity index (χ2v) is 6.25. The maximum atomic E-state index is 10.7. The molecule has 134 valence electrons. The third kappa shape index (κ3) is 9.47. The molecule has 0 spiro atoms. The van der Waals surface area contributed by atoms with E-state index in [-0.39, 0.29) is 5.56 Å². The molecular formula is C15H16N2O6S2. The summed E-state index contributed by atoms with van der Waals surface area (Å²) in [6, 6.07) is 14.5. The summed E-state index contributed by atoms with van der Waals surface area (Å²) in [4.78, 5) is 11.9. The Hall–Kier alpha value is -2.40. The molecule has 0 heterocycles. The summed E-state index contributed by atoms with van der Waals surface area (Å²) in [5, 5.41) is 12.9. The fourth-order valence-corrected chi connectivity index (χ4v) is 1.97. The minimum atomic E-state index is -4.67. The Labute approximate surface area is 149 Å². The van der Waals surface area contributed by atoms with Gasteiger partial charge in [-0.3, -0.25) is 14.5 Å². The van der Waals surface area contributed by atoms with Gasteiger partial charge in [-0.2, -0.15) is 13.5 Å². The van der Waals surface area contributed by atoms with Crippen molar-refractivity contribution in [1.82, 2.24) is 0 Å². The lowest BCUT2D eigenvalue weighted by Crippen LogP contribution is -1.96. The Morgan fingerprint density at radius 2 is 1.60 bits per heavy atom. The van der Waals surface area contributed by atoms with Crippen LogP contribution in [-0.4, -0.2) is 41.1 Å². The molecule has 0 aromatic heterocycles. The molecule has 2 aromatic carbocycles. The van der Waals surface area contributed by atoms with Crippen LogP contribution in [0, 0.1) is 0 Å². The van der Waals surface area contributed by atoms with Gasteiger partial charge in [0.2, 0.25) is 0 Å². The number of carboxylic acid groups (broad SMARTS) is 1. The summed E-state index contributed by atoms with van der Waals surface area (Å²) in [6.45, 7) is 0. The van der Waals surface area contributed by atoms with Gasteiger partial charge >= 0.3 is 16.4 Å². The summed E-state index contributed by atoms with van der Waals surface area (Å²) < 4.78 is 31.6. The molecule has 0 saturated carbocycles. The molecule has 0 aliphatic heterocycles. The van der Waals surface area contributed by atoms with E-state index < -0.39 is 16.4 Å². The molecule has 0 aliphatic carbocycles. The Kier molecular flexibility index (Phi) is 8.08. The Balaban J connectivity index is 0.000000550. The first kappa shape index (κ1) is 20.6. The van der Waals surface area contributed by atoms with Gasteiger partial charge in [-0.05, 0) is 48.2 Å². The van der Waals surface area contributed by atoms with Gasteiger partial charge in [0.15, 0.2) is 0 Å². The number of anilines is 1. The normalized spacial score (nSPS) is 10.8. The van der Waals surface area contributed by atoms with Crippen LogP contribution in [0.1, 0.15) is 15.9 Å². The molecule has 0 unspecified atom stereocenters. The molecule has 0 fully saturated rings. The molecule has 25 heavy (non-hydrogen) atoms. The summed E-state index contributed by atoms with van der Waals surface area (Å²) in [5.74, 6) is -0.936. The first-order valence-electron chi connectivity index (χ1n) is 6.65. The third-order valence-electron chi connectivity index (χ3n) is 2.65. The van der Waals surface area contributed by atoms with E-state index in [1.54, 1.807) is 30.1 Å². The molecule has 0 radical (unpaired) electrons. The molecule has 2 aromatic rings. The number of nitrogens with zero attached hydrogens (tertiary/aromatic N) is 1. The number of thioether (sulfide) groups is 1. The van der Waals surface area contributed by atoms with Crippen LogP contribution in [0.5, 0.6) is 0 Å². The predicted octanol–water partition coefficient (Wildman–Crippen LogP) is 2.90. The van der Waals surface area contributed by atoms with Gasteiger partial charge in [0.25, 0.3) is 0 Å². The van der Waals surface area contributed by atoms with Crippen molar-refractivity contribution in [3.05, 3.63) is 59.7 Å². The lowest BCUT2D eigenvalue weighted by atomic mass is 10.2. The van der Waals surface area contributed by atoms with E-state index in [0.717, 1.165) is 11.3 Å². The lowest BCUT2D eigenvalue weighted by molar-refractivity contribution is 0.0697. The van der Waals surface area contributed by atoms with Gasteiger partial charge in [0, 0.05) is 4.90 Å². The average molecular weight is 384 g/mol. The molecule has 4 N–H and O–H groups in total. The summed E-state index contributed by atoms with van der Waals surface area (Å²) in [6.07, 6.45) is 3.75. The Morgan fingerprint density at radius 1 is 1.08 bits per heavy atom. The second kappa shape index (κ2) is 9.79. The standard InChI is InChI=1S/C15H14N2O2S.H2O4S/c1-20-14-8-2-11(3-9-14)10-16-17-13-6-4-12(5-7-13)15(18)19;1-5(2,3)4/h2-10,17H,1H3,(H,18,19);(H2,1,2,3,4)/b16-10+;. The number of hydrogen-bond donors (Lipinski definition) is 4. The van der Waals surface area contributed by atoms with Gasteiger partial charge < -0.3 is 5.11 Å². The van der Waals surface area contributed by atoms with Crippen molar-refractivity contribution in [2.24, 2.45) is 5.10 Å². The van der Waals surface area contributed by atoms with Gasteiger partial charge in [0.05, 0.1) is 17.5 Å². The first-order chi connectivity index (χ1) is 11.7. The molecular weight excluding hydrogens is 368 g/mol. The smallest absolute Gasteiger partial charge is 0.394 e. The van der Waals surface area contributed by atoms with Crippen LogP contribution in [0.3, 0.4) is 0 Å². The Morgan fingerprint density at radius 3 is 2.04 bits per heavy atom. The number of carbonyl (C=O) groups is 1. The topological polar surface area (TPSA) is 136 Å². The van der Waals surface area contributed by atoms with E-state index in [4.69, 9.17) is 22.6 Å². The van der Waals surface area contributed by atoms with Crippen LogP contribution < -0.4 is 5.43 Å². The fourth-order valence-electron chi connectivity index (χ4n) is 1.56. The van der Waals surface area contributed by atoms with Gasteiger partial charge in [-0.15, -0.1) is 11.8 Å². The van der Waals surface area contributed by atoms with Gasteiger partial charge in [-0.25, -0.2) is 4.79 Å². The Bertz CT molecular complexity index is 810. The largest absolute Gasteiger partial charge is 0.478 e. The maximum absolute atomic E-state index is 10.7. The van der Waals surface area contributed by atoms with Crippen LogP contribution in [0.15, 0.2) is 58.5 Å². The van der Waals surface area contributed by atoms with E-state index in [9.17, 15) is 4.79 Å². The molecule has 0 atom stereocenters. The number of rotatable bonds is 5. The zero-order valence-electron chi connectivity index (χ0n) is 13.0. The van der Waals surface area contributed by atoms with Crippen LogP contribution in [-0.2, 0) is 10.4 Å². The van der Waals surface area contributed by atoms with E-state index in [1.165, 1.54) is 17.0 Å². The summed E-state index contributed by atoms with van der Waals surface area (Å²) >= 11 is 1.69. The third-order valence-corrected chi connectivity index (χ3v) is 3.40. The highest BCUT2D eigenvalue weighted by Gasteiger charge is 2.00. The van der Waals surface area contributed by atoms with Crippen molar-refractivity contribution in [2.45, 2.75) is 4.90 Å². The lowest BCUT2D eigenvalue weighted by Gasteiger charge is -2.01. The highest BCUT2D eigenvalue weighted by molar-refractivity contribution is 7.98. The van der Waals surface area contributed by atoms with Crippen molar-refractivity contribution in [1.29, 1.82) is 0 Å². The van der Waals surface area contributed by atoms with Crippen LogP contribution in [0.2, 0.25) is 0 Å². The predicted molar refractivity (Wildman–Crippen MR) is 97.0 cm³/mol. The van der Waals surface area contributed by atoms with Crippen LogP contribution in [0.25, 0.3) is 0 Å². The molecule has 0 bridgehead atoms. The van der Waals surface area contributed by atoms with E-state index >= 15 is 0 Å². The van der Waals surface area contributed by atoms with Crippen molar-refractivity contribution in [3.63, 3.8) is 0 Å². The quantitative estimate of drug-likeness (QED) is 0.267. The highest BCUT2D eigenvalue weighted by atomic mass is 32.3. The number of hydrogen-bond acceptors (Lipinski definition) is 6. The number of aromatic carboxylic acids is 1. The number of nitrogens with one attached hydrogen (secondary N) is 1. The molecule has 0 saturated heterocycles. The van der Waals surface area contributed by atoms with Crippen molar-refractivity contribution in [3.8, 4) is 0 Å². The minimum Gasteiger partial charge on any atom is -0.478 e. The van der Waals surface area contributed by atoms with E-state index in [2.05, 4.69) is 10.5 Å². The van der Waals surface area contributed by atoms with Crippen LogP contribution in [0.4, 0.5) is 5.69 Å². The van der Waals surface area contributed by atoms with E-state index in [1.807, 2.05) is 30.5 Å². The summed E-state index contributed by atoms with van der Waals surface area (Å²) in [5.41, 5.74) is 4.86. The minimum absolute atomic E-state index is 0.257. The number of hydrazone groups is 1. The second-order valence-electron chi connectivity index (χ2n) is 4.47. The first-order valence-corrected chi connectivity index (χ1v) is 9.27. The number of benzene rings is 2. The van der Waals surface area contributed by atoms with Crippen molar-refractivity contribution < 1.29 is 27.4 Å². The fraction of sp³-hybridized carbons (Fsp3) is 0.0667. The zero-order chi connectivity index (χ0) is 18.9. The molecule has 2 rings (SSSR count).